The number of nitrogens with zero attached hydrogens (tertiary/aromatic N) is 1. The Morgan fingerprint density at radius 1 is 1.25 bits per heavy atom. The minimum Gasteiger partial charge on any atom is -0.358 e. The van der Waals surface area contributed by atoms with E-state index >= 15 is 0 Å². The zero-order valence-corrected chi connectivity index (χ0v) is 10.3. The van der Waals surface area contributed by atoms with Crippen molar-refractivity contribution in [3.8, 4) is 0 Å². The van der Waals surface area contributed by atoms with Crippen LogP contribution in [0.15, 0.2) is 0 Å². The van der Waals surface area contributed by atoms with Crippen LogP contribution in [0, 0.1) is 5.92 Å². The first-order valence-corrected chi connectivity index (χ1v) is 6.13. The van der Waals surface area contributed by atoms with E-state index in [9.17, 15) is 9.59 Å². The molecule has 0 radical (unpaired) electrons. The van der Waals surface area contributed by atoms with Gasteiger partial charge >= 0.3 is 0 Å². The van der Waals surface area contributed by atoms with E-state index in [4.69, 9.17) is 0 Å². The van der Waals surface area contributed by atoms with Gasteiger partial charge in [0.05, 0.1) is 13.1 Å². The summed E-state index contributed by atoms with van der Waals surface area (Å²) in [4.78, 5) is 25.0. The molecule has 1 N–H and O–H groups in total. The SMILES string of the molecule is CCN(CC(=O)NC)CC(=O)C1CCCC1. The summed E-state index contributed by atoms with van der Waals surface area (Å²) >= 11 is 0. The summed E-state index contributed by atoms with van der Waals surface area (Å²) in [5, 5.41) is 2.58. The van der Waals surface area contributed by atoms with Crippen LogP contribution < -0.4 is 5.32 Å². The average Bonchev–Trinajstić information content (AvgIpc) is 2.81. The number of carbonyl (C=O) groups excluding carboxylic acids is 2. The molecule has 1 rings (SSSR count). The van der Waals surface area contributed by atoms with Crippen molar-refractivity contribution >= 4 is 11.7 Å². The molecule has 0 saturated heterocycles. The molecule has 16 heavy (non-hydrogen) atoms. The molecule has 1 amide bonds. The van der Waals surface area contributed by atoms with Gasteiger partial charge in [0.25, 0.3) is 0 Å². The highest BCUT2D eigenvalue weighted by Crippen LogP contribution is 2.25. The molecule has 0 aromatic rings. The Bertz CT molecular complexity index is 247. The fourth-order valence-electron chi connectivity index (χ4n) is 2.16. The highest BCUT2D eigenvalue weighted by molar-refractivity contribution is 5.84. The first kappa shape index (κ1) is 13.2. The van der Waals surface area contributed by atoms with Crippen molar-refractivity contribution in [2.24, 2.45) is 5.92 Å². The minimum atomic E-state index is -0.0268. The Labute approximate surface area is 97.4 Å². The fraction of sp³-hybridized carbons (Fsp3) is 0.833. The second-order valence-electron chi connectivity index (χ2n) is 4.42. The molecule has 1 saturated carbocycles. The van der Waals surface area contributed by atoms with Crippen molar-refractivity contribution in [3.63, 3.8) is 0 Å². The van der Waals surface area contributed by atoms with E-state index in [0.29, 0.717) is 18.9 Å². The van der Waals surface area contributed by atoms with Crippen molar-refractivity contribution in [1.29, 1.82) is 0 Å². The molecule has 4 heteroatoms. The number of hydrogen-bond acceptors (Lipinski definition) is 3. The Hall–Kier alpha value is -0.900. The summed E-state index contributed by atoms with van der Waals surface area (Å²) in [5.41, 5.74) is 0. The lowest BCUT2D eigenvalue weighted by Crippen LogP contribution is -2.39. The molecule has 1 aliphatic carbocycles. The number of nitrogens with one attached hydrogen (secondary N) is 1. The second kappa shape index (κ2) is 6.63. The van der Waals surface area contributed by atoms with E-state index in [1.54, 1.807) is 7.05 Å². The van der Waals surface area contributed by atoms with Gasteiger partial charge in [-0.05, 0) is 19.4 Å². The zero-order chi connectivity index (χ0) is 12.0. The Kier molecular flexibility index (Phi) is 5.46. The topological polar surface area (TPSA) is 49.4 Å². The van der Waals surface area contributed by atoms with Gasteiger partial charge < -0.3 is 5.32 Å². The molecule has 0 atom stereocenters. The molecule has 0 heterocycles. The van der Waals surface area contributed by atoms with Crippen molar-refractivity contribution in [2.75, 3.05) is 26.7 Å². The third-order valence-electron chi connectivity index (χ3n) is 3.28. The third kappa shape index (κ3) is 3.93. The zero-order valence-electron chi connectivity index (χ0n) is 10.3. The lowest BCUT2D eigenvalue weighted by Gasteiger charge is -2.20. The molecule has 0 spiro atoms. The largest absolute Gasteiger partial charge is 0.358 e. The molecule has 0 bridgehead atoms. The van der Waals surface area contributed by atoms with Gasteiger partial charge in [0.2, 0.25) is 5.91 Å². The van der Waals surface area contributed by atoms with Gasteiger partial charge in [0.15, 0.2) is 0 Å². The van der Waals surface area contributed by atoms with Crippen molar-refractivity contribution in [1.82, 2.24) is 10.2 Å². The number of Topliss-reactive ketones (excluding diaryl/α,β-unsaturated/α-hetero) is 1. The lowest BCUT2D eigenvalue weighted by atomic mass is 10.0. The van der Waals surface area contributed by atoms with Gasteiger partial charge in [-0.2, -0.15) is 0 Å². The summed E-state index contributed by atoms with van der Waals surface area (Å²) in [6.45, 7) is 3.47. The smallest absolute Gasteiger partial charge is 0.233 e. The van der Waals surface area contributed by atoms with Crippen LogP contribution in [0.3, 0.4) is 0 Å². The van der Waals surface area contributed by atoms with Crippen LogP contribution in [-0.2, 0) is 9.59 Å². The summed E-state index contributed by atoms with van der Waals surface area (Å²) in [7, 11) is 1.62. The molecule has 1 aliphatic rings. The number of likely N-dealkylation sites (N-methyl/N-ethyl adjacent to an activating group) is 2. The molecule has 1 fully saturated rings. The normalized spacial score (nSPS) is 16.7. The monoisotopic (exact) mass is 226 g/mol. The molecular formula is C12H22N2O2. The summed E-state index contributed by atoms with van der Waals surface area (Å²) in [5.74, 6) is 0.531. The van der Waals surface area contributed by atoms with E-state index in [1.807, 2.05) is 11.8 Å². The van der Waals surface area contributed by atoms with E-state index in [-0.39, 0.29) is 11.8 Å². The predicted octanol–water partition coefficient (Wildman–Crippen LogP) is 0.814. The first-order chi connectivity index (χ1) is 7.67. The van der Waals surface area contributed by atoms with E-state index in [1.165, 1.54) is 12.8 Å². The molecule has 0 aromatic heterocycles. The Morgan fingerprint density at radius 2 is 1.88 bits per heavy atom. The molecule has 0 unspecified atom stereocenters. The van der Waals surface area contributed by atoms with E-state index in [2.05, 4.69) is 5.32 Å². The van der Waals surface area contributed by atoms with Crippen LogP contribution in [0.5, 0.6) is 0 Å². The van der Waals surface area contributed by atoms with Crippen LogP contribution in [0.4, 0.5) is 0 Å². The Balaban J connectivity index is 2.36. The predicted molar refractivity (Wildman–Crippen MR) is 63.1 cm³/mol. The summed E-state index contributed by atoms with van der Waals surface area (Å²) in [6, 6.07) is 0. The van der Waals surface area contributed by atoms with Crippen LogP contribution in [0.1, 0.15) is 32.6 Å². The lowest BCUT2D eigenvalue weighted by molar-refractivity contribution is -0.125. The van der Waals surface area contributed by atoms with Gasteiger partial charge in [0, 0.05) is 13.0 Å². The average molecular weight is 226 g/mol. The highest BCUT2D eigenvalue weighted by Gasteiger charge is 2.24. The molecular weight excluding hydrogens is 204 g/mol. The van der Waals surface area contributed by atoms with Crippen LogP contribution in [-0.4, -0.2) is 43.3 Å². The molecule has 92 valence electrons. The number of hydrogen-bond donors (Lipinski definition) is 1. The van der Waals surface area contributed by atoms with Crippen LogP contribution >= 0.6 is 0 Å². The van der Waals surface area contributed by atoms with Gasteiger partial charge in [-0.1, -0.05) is 19.8 Å². The molecule has 4 nitrogen and oxygen atoms in total. The number of rotatable bonds is 6. The van der Waals surface area contributed by atoms with Gasteiger partial charge in [-0.15, -0.1) is 0 Å². The summed E-state index contributed by atoms with van der Waals surface area (Å²) < 4.78 is 0. The fourth-order valence-corrected chi connectivity index (χ4v) is 2.16. The number of carbonyl (C=O) groups is 2. The van der Waals surface area contributed by atoms with Crippen molar-refractivity contribution in [3.05, 3.63) is 0 Å². The van der Waals surface area contributed by atoms with E-state index in [0.717, 1.165) is 19.4 Å². The summed E-state index contributed by atoms with van der Waals surface area (Å²) in [6.07, 6.45) is 4.43. The van der Waals surface area contributed by atoms with E-state index < -0.39 is 0 Å². The second-order valence-corrected chi connectivity index (χ2v) is 4.42. The van der Waals surface area contributed by atoms with Crippen molar-refractivity contribution in [2.45, 2.75) is 32.6 Å². The maximum absolute atomic E-state index is 11.9. The third-order valence-corrected chi connectivity index (χ3v) is 3.28. The van der Waals surface area contributed by atoms with Crippen LogP contribution in [0.2, 0.25) is 0 Å². The maximum Gasteiger partial charge on any atom is 0.233 e. The molecule has 0 aromatic carbocycles. The van der Waals surface area contributed by atoms with Crippen molar-refractivity contribution < 1.29 is 9.59 Å². The van der Waals surface area contributed by atoms with Crippen LogP contribution in [0.25, 0.3) is 0 Å². The Morgan fingerprint density at radius 3 is 2.38 bits per heavy atom. The van der Waals surface area contributed by atoms with Gasteiger partial charge in [-0.3, -0.25) is 14.5 Å². The van der Waals surface area contributed by atoms with Gasteiger partial charge in [0.1, 0.15) is 5.78 Å². The standard InChI is InChI=1S/C12H22N2O2/c1-3-14(9-12(16)13-2)8-11(15)10-6-4-5-7-10/h10H,3-9H2,1-2H3,(H,13,16). The first-order valence-electron chi connectivity index (χ1n) is 6.13. The maximum atomic E-state index is 11.9. The highest BCUT2D eigenvalue weighted by atomic mass is 16.2. The number of ketones is 1. The number of amides is 1. The molecule has 0 aliphatic heterocycles. The van der Waals surface area contributed by atoms with Gasteiger partial charge in [-0.25, -0.2) is 0 Å². The quantitative estimate of drug-likeness (QED) is 0.729. The minimum absolute atomic E-state index is 0.0268.